The van der Waals surface area contributed by atoms with Gasteiger partial charge in [-0.15, -0.1) is 68.6 Å². The van der Waals surface area contributed by atoms with Crippen molar-refractivity contribution in [1.29, 1.82) is 0 Å². The third kappa shape index (κ3) is 8.73. The SMILES string of the molecule is CC(C)c1cc2c(-c3ccc4ccccc4c3)cccc2[cH-]1.C[Si]C.Cc1cc2c(-c3cccc4ccccc34)ccc(C)c2[cH-]1.[Cl][Zr+2][Cl]. The van der Waals surface area contributed by atoms with Gasteiger partial charge in [-0.05, 0) is 44.7 Å². The van der Waals surface area contributed by atoms with Gasteiger partial charge in [-0.2, -0.15) is 12.1 Å². The van der Waals surface area contributed by atoms with Crippen LogP contribution in [0.5, 0.6) is 0 Å². The topological polar surface area (TPSA) is 0 Å². The first kappa shape index (κ1) is 37.0. The first-order valence-electron chi connectivity index (χ1n) is 16.7. The first-order valence-corrected chi connectivity index (χ1v) is 25.0. The van der Waals surface area contributed by atoms with Gasteiger partial charge in [0.15, 0.2) is 0 Å². The van der Waals surface area contributed by atoms with Crippen LogP contribution in [-0.2, 0) is 20.8 Å². The summed E-state index contributed by atoms with van der Waals surface area (Å²) in [6, 6.07) is 50.9. The van der Waals surface area contributed by atoms with Crippen LogP contribution in [0.3, 0.4) is 0 Å². The number of hydrogen-bond acceptors (Lipinski definition) is 0. The zero-order valence-corrected chi connectivity index (χ0v) is 34.1. The van der Waals surface area contributed by atoms with E-state index < -0.39 is 20.8 Å². The Kier molecular flexibility index (Phi) is 13.3. The fourth-order valence-corrected chi connectivity index (χ4v) is 6.48. The molecule has 8 aromatic carbocycles. The Balaban J connectivity index is 0.000000165. The minimum absolute atomic E-state index is 0.567. The Labute approximate surface area is 313 Å². The summed E-state index contributed by atoms with van der Waals surface area (Å²) in [6.45, 7) is 13.2. The van der Waals surface area contributed by atoms with Gasteiger partial charge in [-0.3, -0.25) is 0 Å². The summed E-state index contributed by atoms with van der Waals surface area (Å²) in [5, 5.41) is 10.7. The number of aryl methyl sites for hydroxylation is 2. The van der Waals surface area contributed by atoms with E-state index in [1.54, 1.807) is 0 Å². The molecule has 0 nitrogen and oxygen atoms in total. The van der Waals surface area contributed by atoms with Gasteiger partial charge in [0, 0.05) is 9.52 Å². The molecule has 8 aromatic rings. The van der Waals surface area contributed by atoms with Gasteiger partial charge in [-0.25, -0.2) is 0 Å². The molecule has 0 atom stereocenters. The predicted molar refractivity (Wildman–Crippen MR) is 218 cm³/mol. The maximum atomic E-state index is 4.93. The third-order valence-corrected chi connectivity index (χ3v) is 8.83. The molecule has 49 heavy (non-hydrogen) atoms. The van der Waals surface area contributed by atoms with Crippen LogP contribution < -0.4 is 0 Å². The van der Waals surface area contributed by atoms with Gasteiger partial charge in [0.1, 0.15) is 0 Å². The van der Waals surface area contributed by atoms with Crippen molar-refractivity contribution in [3.63, 3.8) is 0 Å². The van der Waals surface area contributed by atoms with Gasteiger partial charge in [0.05, 0.1) is 0 Å². The molecule has 8 rings (SSSR count). The van der Waals surface area contributed by atoms with Crippen molar-refractivity contribution in [2.45, 2.75) is 46.7 Å². The van der Waals surface area contributed by atoms with Crippen LogP contribution in [-0.4, -0.2) is 9.52 Å². The second kappa shape index (κ2) is 17.6. The monoisotopic (exact) mass is 770 g/mol. The van der Waals surface area contributed by atoms with Crippen LogP contribution in [0.15, 0.2) is 140 Å². The Morgan fingerprint density at radius 3 is 1.92 bits per heavy atom. The van der Waals surface area contributed by atoms with Crippen molar-refractivity contribution in [1.82, 2.24) is 0 Å². The molecule has 2 radical (unpaired) electrons. The Morgan fingerprint density at radius 1 is 0.571 bits per heavy atom. The van der Waals surface area contributed by atoms with Crippen LogP contribution in [0.4, 0.5) is 0 Å². The number of halogens is 2. The molecule has 0 aromatic heterocycles. The summed E-state index contributed by atoms with van der Waals surface area (Å²) in [5.74, 6) is 0.567. The molecule has 0 N–H and O–H groups in total. The normalized spacial score (nSPS) is 10.6. The standard InChI is InChI=1S/C22H19.C21H17.C2H6Si.2ClH.Zr/c1-15(2)20-13-18-8-5-9-21(22(18)14-20)19-11-10-16-6-3-4-7-17(16)12-19;1-14-12-20-15(2)10-11-19(21(20)13-14)18-9-5-7-16-6-3-4-8-17(16)18;1-3-2;;;/h3-15H,1-2H3;3-13H,1-2H3;1-2H3;2*1H;/q2*-1;;;;+4/p-2. The summed E-state index contributed by atoms with van der Waals surface area (Å²) in [7, 11) is 11.0. The van der Waals surface area contributed by atoms with Crippen LogP contribution in [0.1, 0.15) is 36.5 Å². The second-order valence-electron chi connectivity index (χ2n) is 12.7. The molecule has 0 saturated carbocycles. The summed E-state index contributed by atoms with van der Waals surface area (Å²) in [6.07, 6.45) is 0. The van der Waals surface area contributed by atoms with Gasteiger partial charge in [0.2, 0.25) is 0 Å². The van der Waals surface area contributed by atoms with E-state index in [9.17, 15) is 0 Å². The molecule has 0 aliphatic heterocycles. The van der Waals surface area contributed by atoms with Gasteiger partial charge < -0.3 is 0 Å². The van der Waals surface area contributed by atoms with Crippen LogP contribution in [0, 0.1) is 13.8 Å². The van der Waals surface area contributed by atoms with Gasteiger partial charge in [0.25, 0.3) is 0 Å². The number of rotatable bonds is 3. The molecule has 0 fully saturated rings. The molecule has 0 aliphatic carbocycles. The molecule has 0 spiro atoms. The molecule has 244 valence electrons. The summed E-state index contributed by atoms with van der Waals surface area (Å²) in [5.41, 5.74) is 9.38. The van der Waals surface area contributed by atoms with E-state index in [2.05, 4.69) is 180 Å². The quantitative estimate of drug-likeness (QED) is 0.124. The van der Waals surface area contributed by atoms with E-state index in [0.29, 0.717) is 5.92 Å². The van der Waals surface area contributed by atoms with E-state index in [4.69, 9.17) is 17.0 Å². The van der Waals surface area contributed by atoms with E-state index in [1.165, 1.54) is 82.0 Å². The van der Waals surface area contributed by atoms with Gasteiger partial charge >= 0.3 is 37.9 Å². The van der Waals surface area contributed by atoms with Crippen molar-refractivity contribution in [3.05, 3.63) is 156 Å². The van der Waals surface area contributed by atoms with Crippen LogP contribution >= 0.6 is 17.0 Å². The summed E-state index contributed by atoms with van der Waals surface area (Å²) in [4.78, 5) is 0. The zero-order valence-electron chi connectivity index (χ0n) is 29.1. The molecular weight excluding hydrogens is 731 g/mol. The van der Waals surface area contributed by atoms with E-state index >= 15 is 0 Å². The van der Waals surface area contributed by atoms with Crippen LogP contribution in [0.2, 0.25) is 13.1 Å². The molecule has 0 aliphatic rings. The maximum absolute atomic E-state index is 4.93. The van der Waals surface area contributed by atoms with Crippen LogP contribution in [0.25, 0.3) is 65.3 Å². The first-order chi connectivity index (χ1) is 23.8. The average molecular weight is 773 g/mol. The number of fused-ring (bicyclic) bond motifs is 4. The fraction of sp³-hybridized carbons (Fsp3) is 0.156. The molecule has 0 bridgehead atoms. The Morgan fingerprint density at radius 2 is 1.18 bits per heavy atom. The molecular formula is C45H42Cl2SiZr. The van der Waals surface area contributed by atoms with Gasteiger partial charge in [-0.1, -0.05) is 143 Å². The van der Waals surface area contributed by atoms with Crippen molar-refractivity contribution < 1.29 is 20.8 Å². The molecule has 0 amide bonds. The predicted octanol–water partition coefficient (Wildman–Crippen LogP) is 14.7. The van der Waals surface area contributed by atoms with E-state index in [1.807, 2.05) is 0 Å². The second-order valence-corrected chi connectivity index (χ2v) is 17.4. The van der Waals surface area contributed by atoms with E-state index in [-0.39, 0.29) is 0 Å². The number of benzene rings is 6. The minimum atomic E-state index is -0.826. The summed E-state index contributed by atoms with van der Waals surface area (Å²) < 4.78 is 0. The number of hydrogen-bond donors (Lipinski definition) is 0. The van der Waals surface area contributed by atoms with Crippen molar-refractivity contribution in [2.75, 3.05) is 0 Å². The molecule has 0 unspecified atom stereocenters. The third-order valence-electron chi connectivity index (χ3n) is 8.83. The Hall–Kier alpha value is -3.26. The molecule has 0 heterocycles. The zero-order chi connectivity index (χ0) is 34.9. The van der Waals surface area contributed by atoms with Crippen molar-refractivity contribution >= 4 is 69.6 Å². The van der Waals surface area contributed by atoms with E-state index in [0.717, 1.165) is 9.52 Å². The molecule has 0 saturated heterocycles. The summed E-state index contributed by atoms with van der Waals surface area (Å²) >= 11 is -0.826. The van der Waals surface area contributed by atoms with Crippen molar-refractivity contribution in [2.24, 2.45) is 0 Å². The average Bonchev–Trinajstić information content (AvgIpc) is 3.74. The fourth-order valence-electron chi connectivity index (χ4n) is 6.48. The van der Waals surface area contributed by atoms with Crippen molar-refractivity contribution in [3.8, 4) is 22.3 Å². The molecule has 4 heteroatoms. The Bertz CT molecular complexity index is 2280.